The maximum Gasteiger partial charge on any atom is 0.240 e. The Bertz CT molecular complexity index is 3120. The Labute approximate surface area is 329 Å². The number of fused-ring (bicyclic) bond motifs is 9. The second kappa shape index (κ2) is 12.8. The molecule has 0 N–H and O–H groups in total. The second-order valence-corrected chi connectivity index (χ2v) is 15.5. The molecule has 6 nitrogen and oxygen atoms in total. The summed E-state index contributed by atoms with van der Waals surface area (Å²) in [6.07, 6.45) is 6.45. The fourth-order valence-electron chi connectivity index (χ4n) is 9.75. The van der Waals surface area contributed by atoms with E-state index in [0.29, 0.717) is 23.6 Å². The third-order valence-electron chi connectivity index (χ3n) is 12.3. The van der Waals surface area contributed by atoms with Gasteiger partial charge in [-0.2, -0.15) is 15.0 Å². The number of hydrogen-bond donors (Lipinski definition) is 0. The lowest BCUT2D eigenvalue weighted by Gasteiger charge is -2.22. The Balaban J connectivity index is 1.17. The van der Waals surface area contributed by atoms with Gasteiger partial charge in [-0.05, 0) is 72.9 Å². The van der Waals surface area contributed by atoms with Crippen molar-refractivity contribution in [2.24, 2.45) is 0 Å². The van der Waals surface area contributed by atoms with Crippen LogP contribution in [0.4, 0.5) is 0 Å². The Morgan fingerprint density at radius 1 is 0.368 bits per heavy atom. The number of benzene rings is 7. The molecule has 7 aromatic carbocycles. The van der Waals surface area contributed by atoms with Crippen LogP contribution in [-0.2, 0) is 0 Å². The summed E-state index contributed by atoms with van der Waals surface area (Å²) in [6.45, 7) is 0. The van der Waals surface area contributed by atoms with Crippen LogP contribution in [0.2, 0.25) is 0 Å². The average Bonchev–Trinajstić information content (AvgIpc) is 3.92. The molecule has 11 aromatic rings. The van der Waals surface area contributed by atoms with E-state index in [2.05, 4.69) is 177 Å². The molecule has 12 rings (SSSR count). The lowest BCUT2D eigenvalue weighted by Crippen LogP contribution is -2.11. The Kier molecular flexibility index (Phi) is 7.21. The summed E-state index contributed by atoms with van der Waals surface area (Å²) in [7, 11) is 0. The normalized spacial score (nSPS) is 13.9. The van der Waals surface area contributed by atoms with Gasteiger partial charge in [0.2, 0.25) is 11.9 Å². The van der Waals surface area contributed by atoms with Crippen LogP contribution in [0.1, 0.15) is 43.6 Å². The number of para-hydroxylation sites is 6. The molecule has 0 spiro atoms. The fraction of sp³-hybridized carbons (Fsp3) is 0.118. The third-order valence-corrected chi connectivity index (χ3v) is 12.3. The van der Waals surface area contributed by atoms with Crippen molar-refractivity contribution in [3.05, 3.63) is 169 Å². The van der Waals surface area contributed by atoms with Crippen molar-refractivity contribution in [3.8, 4) is 29.0 Å². The highest BCUT2D eigenvalue weighted by Crippen LogP contribution is 2.40. The monoisotopic (exact) mass is 734 g/mol. The van der Waals surface area contributed by atoms with Gasteiger partial charge in [-0.25, -0.2) is 0 Å². The summed E-state index contributed by atoms with van der Waals surface area (Å²) in [5.41, 5.74) is 10.00. The van der Waals surface area contributed by atoms with E-state index >= 15 is 0 Å². The summed E-state index contributed by atoms with van der Waals surface area (Å²) in [6, 6.07) is 58.7. The SMILES string of the molecule is c1ccc(-n2c3ccccc3c3ccc(C4CCCCC4)cc32)c(-c2nc(-n3c4ccccc4c4ccccc43)nc(-n3c4ccccc4c4ccccc43)n2)c1. The molecular formula is C51H38N6. The Morgan fingerprint density at radius 3 is 1.30 bits per heavy atom. The van der Waals surface area contributed by atoms with Gasteiger partial charge in [0.15, 0.2) is 5.82 Å². The van der Waals surface area contributed by atoms with E-state index in [1.54, 1.807) is 0 Å². The quantitative estimate of drug-likeness (QED) is 0.177. The fourth-order valence-corrected chi connectivity index (χ4v) is 9.75. The van der Waals surface area contributed by atoms with Gasteiger partial charge in [0.05, 0.1) is 38.8 Å². The summed E-state index contributed by atoms with van der Waals surface area (Å²) >= 11 is 0. The maximum absolute atomic E-state index is 5.45. The molecule has 0 amide bonds. The molecule has 0 atom stereocenters. The predicted molar refractivity (Wildman–Crippen MR) is 234 cm³/mol. The highest BCUT2D eigenvalue weighted by Gasteiger charge is 2.24. The van der Waals surface area contributed by atoms with Crippen molar-refractivity contribution in [1.29, 1.82) is 0 Å². The molecular weight excluding hydrogens is 697 g/mol. The molecule has 4 aromatic heterocycles. The smallest absolute Gasteiger partial charge is 0.240 e. The van der Waals surface area contributed by atoms with Crippen molar-refractivity contribution < 1.29 is 0 Å². The Morgan fingerprint density at radius 2 is 0.789 bits per heavy atom. The van der Waals surface area contributed by atoms with Gasteiger partial charge in [0, 0.05) is 37.9 Å². The van der Waals surface area contributed by atoms with Gasteiger partial charge < -0.3 is 4.57 Å². The average molecular weight is 735 g/mol. The first-order valence-electron chi connectivity index (χ1n) is 20.2. The van der Waals surface area contributed by atoms with E-state index in [9.17, 15) is 0 Å². The van der Waals surface area contributed by atoms with Gasteiger partial charge in [0.1, 0.15) is 0 Å². The van der Waals surface area contributed by atoms with E-state index < -0.39 is 0 Å². The molecule has 57 heavy (non-hydrogen) atoms. The maximum atomic E-state index is 5.45. The van der Waals surface area contributed by atoms with Crippen LogP contribution in [0.25, 0.3) is 94.4 Å². The highest BCUT2D eigenvalue weighted by atomic mass is 15.3. The second-order valence-electron chi connectivity index (χ2n) is 15.5. The zero-order chi connectivity index (χ0) is 37.5. The van der Waals surface area contributed by atoms with E-state index in [1.807, 2.05) is 0 Å². The standard InChI is InChI=1S/C51H38N6/c1-2-16-33(17-3-1)34-30-31-40-39-22-4-10-24-42(39)55(48(40)32-34)47-29-15-9-23-41(47)49-52-50(56-43-25-11-5-18-35(43)36-19-6-12-26-44(36)56)54-51(53-49)57-45-27-13-7-20-37(45)38-21-8-14-28-46(38)57/h4-15,18-33H,1-3,16-17H2. The lowest BCUT2D eigenvalue weighted by molar-refractivity contribution is 0.444. The van der Waals surface area contributed by atoms with Gasteiger partial charge in [-0.1, -0.05) is 135 Å². The molecule has 1 aliphatic carbocycles. The van der Waals surface area contributed by atoms with Crippen molar-refractivity contribution >= 4 is 65.4 Å². The molecule has 4 heterocycles. The van der Waals surface area contributed by atoms with E-state index in [-0.39, 0.29) is 0 Å². The number of nitrogens with zero attached hydrogens (tertiary/aromatic N) is 6. The van der Waals surface area contributed by atoms with E-state index in [0.717, 1.165) is 54.9 Å². The van der Waals surface area contributed by atoms with Crippen LogP contribution in [0, 0.1) is 0 Å². The third kappa shape index (κ3) is 4.93. The molecule has 0 radical (unpaired) electrons. The van der Waals surface area contributed by atoms with Gasteiger partial charge in [-0.15, -0.1) is 0 Å². The molecule has 1 fully saturated rings. The summed E-state index contributed by atoms with van der Waals surface area (Å²) in [4.78, 5) is 16.3. The molecule has 0 bridgehead atoms. The lowest BCUT2D eigenvalue weighted by atomic mass is 9.84. The molecule has 272 valence electrons. The van der Waals surface area contributed by atoms with Crippen molar-refractivity contribution in [2.75, 3.05) is 0 Å². The van der Waals surface area contributed by atoms with Crippen LogP contribution in [0.5, 0.6) is 0 Å². The van der Waals surface area contributed by atoms with E-state index in [4.69, 9.17) is 15.0 Å². The van der Waals surface area contributed by atoms with Gasteiger partial charge in [-0.3, -0.25) is 9.13 Å². The Hall–Kier alpha value is -7.05. The summed E-state index contributed by atoms with van der Waals surface area (Å²) < 4.78 is 6.84. The first-order chi connectivity index (χ1) is 28.3. The van der Waals surface area contributed by atoms with E-state index in [1.165, 1.54) is 59.5 Å². The molecule has 0 unspecified atom stereocenters. The largest absolute Gasteiger partial charge is 0.308 e. The van der Waals surface area contributed by atoms with Crippen LogP contribution < -0.4 is 0 Å². The van der Waals surface area contributed by atoms with Gasteiger partial charge in [0.25, 0.3) is 0 Å². The summed E-state index contributed by atoms with van der Waals surface area (Å²) in [5, 5.41) is 7.14. The topological polar surface area (TPSA) is 53.5 Å². The number of hydrogen-bond acceptors (Lipinski definition) is 3. The highest BCUT2D eigenvalue weighted by molar-refractivity contribution is 6.11. The minimum absolute atomic E-state index is 0.575. The number of aromatic nitrogens is 6. The zero-order valence-corrected chi connectivity index (χ0v) is 31.4. The molecule has 0 saturated heterocycles. The number of rotatable bonds is 5. The summed E-state index contributed by atoms with van der Waals surface area (Å²) in [5.74, 6) is 2.36. The first kappa shape index (κ1) is 32.2. The molecule has 1 aliphatic rings. The molecule has 6 heteroatoms. The van der Waals surface area contributed by atoms with Crippen LogP contribution in [0.3, 0.4) is 0 Å². The molecule has 1 saturated carbocycles. The van der Waals surface area contributed by atoms with Crippen LogP contribution in [-0.4, -0.2) is 28.7 Å². The van der Waals surface area contributed by atoms with Crippen LogP contribution in [0.15, 0.2) is 164 Å². The van der Waals surface area contributed by atoms with Crippen molar-refractivity contribution in [1.82, 2.24) is 28.7 Å². The first-order valence-corrected chi connectivity index (χ1v) is 20.2. The minimum Gasteiger partial charge on any atom is -0.308 e. The van der Waals surface area contributed by atoms with Crippen molar-refractivity contribution in [2.45, 2.75) is 38.0 Å². The van der Waals surface area contributed by atoms with Crippen LogP contribution >= 0.6 is 0 Å². The minimum atomic E-state index is 0.575. The molecule has 0 aliphatic heterocycles. The zero-order valence-electron chi connectivity index (χ0n) is 31.4. The van der Waals surface area contributed by atoms with Gasteiger partial charge >= 0.3 is 0 Å². The predicted octanol–water partition coefficient (Wildman–Crippen LogP) is 12.9. The van der Waals surface area contributed by atoms with Crippen molar-refractivity contribution in [3.63, 3.8) is 0 Å².